The molecular formula is C14H13NS2. The van der Waals surface area contributed by atoms with Crippen molar-refractivity contribution in [2.45, 2.75) is 25.3 Å². The fourth-order valence-electron chi connectivity index (χ4n) is 2.52. The predicted molar refractivity (Wildman–Crippen MR) is 78.5 cm³/mol. The SMILES string of the molecule is S=C1c2ccccc2C(=S)N1[C@@H]1C=CCCC1. The van der Waals surface area contributed by atoms with Crippen LogP contribution in [-0.2, 0) is 0 Å². The molecule has 0 fully saturated rings. The molecule has 0 N–H and O–H groups in total. The topological polar surface area (TPSA) is 3.24 Å². The molecule has 0 radical (unpaired) electrons. The monoisotopic (exact) mass is 259 g/mol. The van der Waals surface area contributed by atoms with E-state index in [-0.39, 0.29) is 0 Å². The zero-order chi connectivity index (χ0) is 11.8. The number of benzene rings is 1. The van der Waals surface area contributed by atoms with Crippen molar-refractivity contribution < 1.29 is 0 Å². The average molecular weight is 259 g/mol. The maximum Gasteiger partial charge on any atom is 0.115 e. The number of fused-ring (bicyclic) bond motifs is 1. The molecule has 1 aromatic rings. The molecule has 86 valence electrons. The largest absolute Gasteiger partial charge is 0.316 e. The lowest BCUT2D eigenvalue weighted by Crippen LogP contribution is -2.38. The van der Waals surface area contributed by atoms with E-state index in [1.54, 1.807) is 0 Å². The minimum Gasteiger partial charge on any atom is -0.316 e. The van der Waals surface area contributed by atoms with Gasteiger partial charge in [0.1, 0.15) is 9.98 Å². The molecule has 1 aliphatic carbocycles. The average Bonchev–Trinajstić information content (AvgIpc) is 2.64. The fraction of sp³-hybridized carbons (Fsp3) is 0.286. The lowest BCUT2D eigenvalue weighted by molar-refractivity contribution is 0.468. The summed E-state index contributed by atoms with van der Waals surface area (Å²) in [7, 11) is 0. The van der Waals surface area contributed by atoms with Crippen LogP contribution in [0.2, 0.25) is 0 Å². The second kappa shape index (κ2) is 4.31. The van der Waals surface area contributed by atoms with Crippen molar-refractivity contribution >= 4 is 34.4 Å². The Bertz CT molecular complexity index is 484. The van der Waals surface area contributed by atoms with Gasteiger partial charge in [-0.15, -0.1) is 0 Å². The van der Waals surface area contributed by atoms with E-state index < -0.39 is 0 Å². The van der Waals surface area contributed by atoms with E-state index in [9.17, 15) is 0 Å². The Hall–Kier alpha value is -1.06. The minimum atomic E-state index is 0.358. The minimum absolute atomic E-state index is 0.358. The summed E-state index contributed by atoms with van der Waals surface area (Å²) in [5.41, 5.74) is 2.23. The maximum atomic E-state index is 5.56. The van der Waals surface area contributed by atoms with Gasteiger partial charge in [0.25, 0.3) is 0 Å². The first-order valence-corrected chi connectivity index (χ1v) is 6.74. The summed E-state index contributed by atoms with van der Waals surface area (Å²) >= 11 is 11.1. The third-order valence-corrected chi connectivity index (χ3v) is 4.22. The standard InChI is InChI=1S/C14H13NS2/c16-13-11-8-4-5-9-12(11)14(17)15(13)10-6-2-1-3-7-10/h2,4-6,8-10H,1,3,7H2/t10-/m1/s1. The lowest BCUT2D eigenvalue weighted by Gasteiger charge is -2.29. The van der Waals surface area contributed by atoms with Gasteiger partial charge in [-0.1, -0.05) is 60.9 Å². The van der Waals surface area contributed by atoms with Crippen molar-refractivity contribution in [2.75, 3.05) is 0 Å². The number of hydrogen-bond acceptors (Lipinski definition) is 2. The van der Waals surface area contributed by atoms with Crippen LogP contribution in [0.5, 0.6) is 0 Å². The van der Waals surface area contributed by atoms with Crippen LogP contribution in [0, 0.1) is 0 Å². The molecule has 0 aromatic heterocycles. The summed E-state index contributed by atoms with van der Waals surface area (Å²) in [5.74, 6) is 0. The van der Waals surface area contributed by atoms with E-state index in [2.05, 4.69) is 29.2 Å². The van der Waals surface area contributed by atoms with E-state index >= 15 is 0 Å². The highest BCUT2D eigenvalue weighted by molar-refractivity contribution is 7.82. The van der Waals surface area contributed by atoms with Crippen molar-refractivity contribution in [1.82, 2.24) is 4.90 Å². The van der Waals surface area contributed by atoms with Gasteiger partial charge in [-0.3, -0.25) is 0 Å². The molecule has 3 heteroatoms. The second-order valence-electron chi connectivity index (χ2n) is 4.45. The maximum absolute atomic E-state index is 5.56. The number of thiocarbonyl (C=S) groups is 2. The molecular weight excluding hydrogens is 246 g/mol. The van der Waals surface area contributed by atoms with Gasteiger partial charge in [-0.2, -0.15) is 0 Å². The Morgan fingerprint density at radius 1 is 1.06 bits per heavy atom. The Labute approximate surface area is 112 Å². The van der Waals surface area contributed by atoms with Gasteiger partial charge in [0.05, 0.1) is 6.04 Å². The Morgan fingerprint density at radius 2 is 1.71 bits per heavy atom. The Kier molecular flexibility index (Phi) is 2.81. The van der Waals surface area contributed by atoms with Crippen molar-refractivity contribution in [1.29, 1.82) is 0 Å². The highest BCUT2D eigenvalue weighted by atomic mass is 32.1. The van der Waals surface area contributed by atoms with Crippen LogP contribution in [0.1, 0.15) is 30.4 Å². The molecule has 0 saturated heterocycles. The molecule has 1 nitrogen and oxygen atoms in total. The summed E-state index contributed by atoms with van der Waals surface area (Å²) in [6.45, 7) is 0. The van der Waals surface area contributed by atoms with E-state index in [1.165, 1.54) is 12.8 Å². The van der Waals surface area contributed by atoms with Gasteiger partial charge < -0.3 is 4.90 Å². The van der Waals surface area contributed by atoms with Gasteiger partial charge in [0, 0.05) is 11.1 Å². The van der Waals surface area contributed by atoms with E-state index in [4.69, 9.17) is 24.4 Å². The van der Waals surface area contributed by atoms with Gasteiger partial charge in [-0.05, 0) is 19.3 Å². The summed E-state index contributed by atoms with van der Waals surface area (Å²) in [6.07, 6.45) is 8.02. The molecule has 1 atom stereocenters. The molecule has 17 heavy (non-hydrogen) atoms. The molecule has 0 spiro atoms. The zero-order valence-electron chi connectivity index (χ0n) is 9.43. The van der Waals surface area contributed by atoms with Crippen molar-refractivity contribution in [3.05, 3.63) is 47.5 Å². The smallest absolute Gasteiger partial charge is 0.115 e. The molecule has 1 aliphatic heterocycles. The molecule has 2 aliphatic rings. The molecule has 0 unspecified atom stereocenters. The summed E-state index contributed by atoms with van der Waals surface area (Å²) in [6, 6.07) is 8.53. The molecule has 0 amide bonds. The van der Waals surface area contributed by atoms with Crippen LogP contribution in [-0.4, -0.2) is 20.9 Å². The van der Waals surface area contributed by atoms with Crippen LogP contribution in [0.25, 0.3) is 0 Å². The number of allylic oxidation sites excluding steroid dienone is 1. The van der Waals surface area contributed by atoms with Crippen LogP contribution < -0.4 is 0 Å². The van der Waals surface area contributed by atoms with Gasteiger partial charge >= 0.3 is 0 Å². The molecule has 0 saturated carbocycles. The van der Waals surface area contributed by atoms with Gasteiger partial charge in [-0.25, -0.2) is 0 Å². The molecule has 3 rings (SSSR count). The van der Waals surface area contributed by atoms with E-state index in [0.717, 1.165) is 27.5 Å². The molecule has 1 aromatic carbocycles. The zero-order valence-corrected chi connectivity index (χ0v) is 11.1. The quantitative estimate of drug-likeness (QED) is 0.561. The summed E-state index contributed by atoms with van der Waals surface area (Å²) in [5, 5.41) is 0. The first kappa shape index (κ1) is 11.1. The predicted octanol–water partition coefficient (Wildman–Crippen LogP) is 3.46. The normalized spacial score (nSPS) is 23.1. The lowest BCUT2D eigenvalue weighted by atomic mass is 10.0. The van der Waals surface area contributed by atoms with E-state index in [1.807, 2.05) is 12.1 Å². The van der Waals surface area contributed by atoms with Crippen LogP contribution in [0.4, 0.5) is 0 Å². The third-order valence-electron chi connectivity index (χ3n) is 3.39. The number of hydrogen-bond donors (Lipinski definition) is 0. The van der Waals surface area contributed by atoms with Crippen LogP contribution in [0.15, 0.2) is 36.4 Å². The third kappa shape index (κ3) is 1.74. The number of rotatable bonds is 1. The Morgan fingerprint density at radius 3 is 2.24 bits per heavy atom. The van der Waals surface area contributed by atoms with Crippen LogP contribution in [0.3, 0.4) is 0 Å². The first-order chi connectivity index (χ1) is 8.29. The second-order valence-corrected chi connectivity index (χ2v) is 5.23. The Balaban J connectivity index is 2.00. The number of nitrogens with zero attached hydrogens (tertiary/aromatic N) is 1. The molecule has 0 bridgehead atoms. The molecule has 1 heterocycles. The highest BCUT2D eigenvalue weighted by Gasteiger charge is 2.33. The van der Waals surface area contributed by atoms with Crippen molar-refractivity contribution in [3.63, 3.8) is 0 Å². The van der Waals surface area contributed by atoms with Gasteiger partial charge in [0.2, 0.25) is 0 Å². The van der Waals surface area contributed by atoms with Crippen LogP contribution >= 0.6 is 24.4 Å². The van der Waals surface area contributed by atoms with Crippen molar-refractivity contribution in [2.24, 2.45) is 0 Å². The summed E-state index contributed by atoms with van der Waals surface area (Å²) in [4.78, 5) is 3.93. The highest BCUT2D eigenvalue weighted by Crippen LogP contribution is 2.29. The van der Waals surface area contributed by atoms with E-state index in [0.29, 0.717) is 6.04 Å². The fourth-order valence-corrected chi connectivity index (χ4v) is 3.39. The van der Waals surface area contributed by atoms with Crippen molar-refractivity contribution in [3.8, 4) is 0 Å². The summed E-state index contributed by atoms with van der Waals surface area (Å²) < 4.78 is 0. The first-order valence-electron chi connectivity index (χ1n) is 5.92. The van der Waals surface area contributed by atoms with Gasteiger partial charge in [0.15, 0.2) is 0 Å².